The predicted molar refractivity (Wildman–Crippen MR) is 145 cm³/mol. The summed E-state index contributed by atoms with van der Waals surface area (Å²) in [6.45, 7) is 7.68. The Kier molecular flexibility index (Phi) is 11.8. The number of hydrogen-bond donors (Lipinski definition) is 1. The fourth-order valence-corrected chi connectivity index (χ4v) is 5.27. The van der Waals surface area contributed by atoms with Crippen molar-refractivity contribution < 1.29 is 23.8 Å². The lowest BCUT2D eigenvalue weighted by atomic mass is 9.98. The van der Waals surface area contributed by atoms with Crippen molar-refractivity contribution in [1.82, 2.24) is 4.90 Å². The minimum absolute atomic E-state index is 0.161. The highest BCUT2D eigenvalue weighted by molar-refractivity contribution is 6.30. The quantitative estimate of drug-likeness (QED) is 0.231. The van der Waals surface area contributed by atoms with Crippen LogP contribution in [-0.2, 0) is 27.1 Å². The van der Waals surface area contributed by atoms with Gasteiger partial charge in [-0.05, 0) is 106 Å². The molecule has 1 fully saturated rings. The Morgan fingerprint density at radius 2 is 2.05 bits per heavy atom. The van der Waals surface area contributed by atoms with E-state index in [2.05, 4.69) is 4.90 Å². The maximum absolute atomic E-state index is 14.0. The van der Waals surface area contributed by atoms with Crippen LogP contribution in [0, 0.1) is 12.7 Å². The van der Waals surface area contributed by atoms with Crippen LogP contribution in [0.2, 0.25) is 5.02 Å². The maximum atomic E-state index is 14.0. The molecule has 0 aliphatic carbocycles. The molecule has 3 atom stereocenters. The number of β-amino-alcohol motifs (C(OH)–C–C–N with tert-alkyl or cyclic N) is 1. The van der Waals surface area contributed by atoms with Crippen LogP contribution in [0.3, 0.4) is 0 Å². The van der Waals surface area contributed by atoms with Crippen LogP contribution in [-0.4, -0.2) is 54.4 Å². The number of esters is 1. The molecule has 1 N–H and O–H groups in total. The summed E-state index contributed by atoms with van der Waals surface area (Å²) < 4.78 is 25.1. The Morgan fingerprint density at radius 1 is 1.24 bits per heavy atom. The molecule has 1 aliphatic heterocycles. The van der Waals surface area contributed by atoms with Crippen molar-refractivity contribution in [3.05, 3.63) is 69.5 Å². The van der Waals surface area contributed by atoms with Crippen LogP contribution in [0.1, 0.15) is 74.3 Å². The highest BCUT2D eigenvalue weighted by Gasteiger charge is 2.27. The summed E-state index contributed by atoms with van der Waals surface area (Å²) in [5.74, 6) is -0.323. The van der Waals surface area contributed by atoms with Crippen molar-refractivity contribution >= 4 is 17.6 Å². The lowest BCUT2D eigenvalue weighted by Crippen LogP contribution is -2.39. The van der Waals surface area contributed by atoms with Gasteiger partial charge in [-0.15, -0.1) is 0 Å². The smallest absolute Gasteiger partial charge is 0.305 e. The van der Waals surface area contributed by atoms with Crippen molar-refractivity contribution in [2.24, 2.45) is 0 Å². The molecule has 0 spiro atoms. The molecular weight excluding hydrogens is 493 g/mol. The summed E-state index contributed by atoms with van der Waals surface area (Å²) in [4.78, 5) is 13.9. The Morgan fingerprint density at radius 3 is 2.81 bits per heavy atom. The van der Waals surface area contributed by atoms with E-state index in [1.807, 2.05) is 44.2 Å². The van der Waals surface area contributed by atoms with Gasteiger partial charge >= 0.3 is 5.97 Å². The van der Waals surface area contributed by atoms with Gasteiger partial charge in [0.15, 0.2) is 0 Å². The average molecular weight is 534 g/mol. The summed E-state index contributed by atoms with van der Waals surface area (Å²) in [5.41, 5.74) is 3.81. The number of carbonyl (C=O) groups is 1. The second kappa shape index (κ2) is 14.8. The summed E-state index contributed by atoms with van der Waals surface area (Å²) in [6.07, 6.45) is 4.91. The average Bonchev–Trinajstić information content (AvgIpc) is 3.29. The van der Waals surface area contributed by atoms with Gasteiger partial charge in [0.1, 0.15) is 5.82 Å². The van der Waals surface area contributed by atoms with Crippen molar-refractivity contribution in [3.8, 4) is 0 Å². The van der Waals surface area contributed by atoms with Crippen molar-refractivity contribution in [2.45, 2.75) is 84.0 Å². The van der Waals surface area contributed by atoms with E-state index in [9.17, 15) is 14.3 Å². The Hall–Kier alpha value is -1.99. The van der Waals surface area contributed by atoms with Gasteiger partial charge in [0.25, 0.3) is 0 Å². The lowest BCUT2D eigenvalue weighted by molar-refractivity contribution is -0.143. The molecule has 0 radical (unpaired) electrons. The Labute approximate surface area is 225 Å². The molecule has 0 unspecified atom stereocenters. The maximum Gasteiger partial charge on any atom is 0.305 e. The topological polar surface area (TPSA) is 59.0 Å². The number of halogens is 2. The molecule has 5 nitrogen and oxygen atoms in total. The van der Waals surface area contributed by atoms with Crippen molar-refractivity contribution in [1.29, 1.82) is 0 Å². The van der Waals surface area contributed by atoms with Gasteiger partial charge in [-0.3, -0.25) is 9.69 Å². The second-order valence-corrected chi connectivity index (χ2v) is 10.5. The number of nitrogens with zero attached hydrogens (tertiary/aromatic N) is 1. The first-order valence-corrected chi connectivity index (χ1v) is 13.9. The second-order valence-electron chi connectivity index (χ2n) is 10.1. The largest absolute Gasteiger partial charge is 0.466 e. The van der Waals surface area contributed by atoms with E-state index in [1.54, 1.807) is 13.0 Å². The van der Waals surface area contributed by atoms with Gasteiger partial charge in [-0.2, -0.15) is 0 Å². The molecule has 7 heteroatoms. The van der Waals surface area contributed by atoms with Gasteiger partial charge in [0.2, 0.25) is 0 Å². The fourth-order valence-electron chi connectivity index (χ4n) is 5.08. The molecule has 1 aliphatic rings. The zero-order valence-corrected chi connectivity index (χ0v) is 23.1. The van der Waals surface area contributed by atoms with Crippen LogP contribution in [0.4, 0.5) is 4.39 Å². The predicted octanol–water partition coefficient (Wildman–Crippen LogP) is 6.21. The van der Waals surface area contributed by atoms with Gasteiger partial charge in [-0.1, -0.05) is 29.8 Å². The first-order valence-electron chi connectivity index (χ1n) is 13.5. The number of ether oxygens (including phenoxy) is 2. The fraction of sp³-hybridized carbons (Fsp3) is 0.567. The van der Waals surface area contributed by atoms with Gasteiger partial charge < -0.3 is 14.6 Å². The van der Waals surface area contributed by atoms with Crippen molar-refractivity contribution in [3.63, 3.8) is 0 Å². The first-order chi connectivity index (χ1) is 17.8. The van der Waals surface area contributed by atoms with Gasteiger partial charge in [0, 0.05) is 24.0 Å². The lowest BCUT2D eigenvalue weighted by Gasteiger charge is -2.28. The summed E-state index contributed by atoms with van der Waals surface area (Å²) in [5, 5.41) is 11.4. The number of aryl methyl sites for hydroxylation is 2. The molecule has 1 saturated heterocycles. The third-order valence-electron chi connectivity index (χ3n) is 7.12. The van der Waals surface area contributed by atoms with Gasteiger partial charge in [0.05, 0.1) is 25.4 Å². The van der Waals surface area contributed by atoms with E-state index in [4.69, 9.17) is 21.1 Å². The third-order valence-corrected chi connectivity index (χ3v) is 7.35. The van der Waals surface area contributed by atoms with Crippen LogP contribution in [0.15, 0.2) is 36.4 Å². The van der Waals surface area contributed by atoms with E-state index in [0.717, 1.165) is 61.8 Å². The minimum atomic E-state index is -0.613. The van der Waals surface area contributed by atoms with E-state index in [-0.39, 0.29) is 24.5 Å². The number of benzene rings is 2. The van der Waals surface area contributed by atoms with Crippen LogP contribution >= 0.6 is 11.6 Å². The number of aliphatic hydroxyl groups excluding tert-OH is 1. The molecule has 2 aromatic rings. The van der Waals surface area contributed by atoms with E-state index in [1.165, 1.54) is 0 Å². The zero-order chi connectivity index (χ0) is 26.8. The molecule has 37 heavy (non-hydrogen) atoms. The number of hydrogen-bond acceptors (Lipinski definition) is 5. The Balaban J connectivity index is 1.49. The number of aliphatic hydroxyl groups is 1. The SMILES string of the molecule is CCOC(=O)CCCCc1cc(Cl)ccc1[C@@H](C)OC[C@H](O)CN1CCC[C@H]1Cc1ccc(C)c(F)c1. The standard InChI is InChI=1S/C30H41ClFNO4/c1-4-36-30(35)10-6-5-8-24-18-25(31)13-14-28(24)22(3)37-20-27(34)19-33-15-7-9-26(33)16-23-12-11-21(2)29(32)17-23/h11-14,17-18,22,26-27,34H,4-10,15-16,19-20H2,1-3H3/t22-,26+,27-/m1/s1. The molecular formula is C30H41ClFNO4. The molecule has 0 amide bonds. The first kappa shape index (κ1) is 29.6. The summed E-state index contributed by atoms with van der Waals surface area (Å²) >= 11 is 6.26. The summed E-state index contributed by atoms with van der Waals surface area (Å²) in [7, 11) is 0. The van der Waals surface area contributed by atoms with E-state index in [0.29, 0.717) is 36.2 Å². The van der Waals surface area contributed by atoms with E-state index >= 15 is 0 Å². The molecule has 0 bridgehead atoms. The molecule has 1 heterocycles. The molecule has 3 rings (SSSR count). The monoisotopic (exact) mass is 533 g/mol. The third kappa shape index (κ3) is 9.36. The highest BCUT2D eigenvalue weighted by atomic mass is 35.5. The molecule has 204 valence electrons. The van der Waals surface area contributed by atoms with Crippen LogP contribution in [0.25, 0.3) is 0 Å². The number of likely N-dealkylation sites (tertiary alicyclic amines) is 1. The highest BCUT2D eigenvalue weighted by Crippen LogP contribution is 2.27. The summed E-state index contributed by atoms with van der Waals surface area (Å²) in [6, 6.07) is 11.6. The zero-order valence-electron chi connectivity index (χ0n) is 22.3. The normalized spacial score (nSPS) is 17.6. The van der Waals surface area contributed by atoms with Crippen LogP contribution in [0.5, 0.6) is 0 Å². The van der Waals surface area contributed by atoms with E-state index < -0.39 is 6.10 Å². The van der Waals surface area contributed by atoms with Crippen molar-refractivity contribution in [2.75, 3.05) is 26.3 Å². The molecule has 0 saturated carbocycles. The number of unbranched alkanes of at least 4 members (excludes halogenated alkanes) is 1. The molecule has 2 aromatic carbocycles. The van der Waals surface area contributed by atoms with Gasteiger partial charge in [-0.25, -0.2) is 4.39 Å². The molecule has 0 aromatic heterocycles. The van der Waals surface area contributed by atoms with Crippen LogP contribution < -0.4 is 0 Å². The Bertz CT molecular complexity index is 1020. The number of rotatable bonds is 14. The number of carbonyl (C=O) groups excluding carboxylic acids is 1. The minimum Gasteiger partial charge on any atom is -0.466 e.